The van der Waals surface area contributed by atoms with Crippen LogP contribution >= 0.6 is 0 Å². The van der Waals surface area contributed by atoms with Gasteiger partial charge in [-0.2, -0.15) is 0 Å². The molecule has 1 aliphatic rings. The van der Waals surface area contributed by atoms with E-state index < -0.39 is 5.41 Å². The molecule has 1 aliphatic carbocycles. The molecule has 1 atom stereocenters. The molecular weight excluding hydrogens is 140 g/mol. The number of carbonyl (C=O) groups excluding carboxylic acids is 1. The summed E-state index contributed by atoms with van der Waals surface area (Å²) in [6.07, 6.45) is 4.00. The molecule has 60 valence electrons. The van der Waals surface area contributed by atoms with Crippen LogP contribution in [-0.2, 0) is 4.79 Å². The largest absolute Gasteiger partial charge is 0.515 e. The average molecular weight is 152 g/mol. The summed E-state index contributed by atoms with van der Waals surface area (Å²) < 4.78 is 0. The number of carbonyl (C=O) groups is 1. The van der Waals surface area contributed by atoms with E-state index in [4.69, 9.17) is 5.11 Å². The van der Waals surface area contributed by atoms with E-state index in [1.54, 1.807) is 6.08 Å². The molecule has 11 heavy (non-hydrogen) atoms. The molecule has 0 heterocycles. The van der Waals surface area contributed by atoms with E-state index >= 15 is 0 Å². The fourth-order valence-corrected chi connectivity index (χ4v) is 1.31. The van der Waals surface area contributed by atoms with Gasteiger partial charge >= 0.3 is 0 Å². The second kappa shape index (κ2) is 2.53. The van der Waals surface area contributed by atoms with Crippen LogP contribution in [0.5, 0.6) is 0 Å². The van der Waals surface area contributed by atoms with Crippen molar-refractivity contribution in [3.63, 3.8) is 0 Å². The van der Waals surface area contributed by atoms with Crippen molar-refractivity contribution in [2.45, 2.75) is 19.8 Å². The summed E-state index contributed by atoms with van der Waals surface area (Å²) in [6, 6.07) is 0. The number of aliphatic hydroxyl groups is 1. The van der Waals surface area contributed by atoms with Crippen LogP contribution in [0.25, 0.3) is 0 Å². The molecule has 1 rings (SSSR count). The van der Waals surface area contributed by atoms with Crippen molar-refractivity contribution in [1.29, 1.82) is 0 Å². The molecular formula is C9H12O2. The highest BCUT2D eigenvalue weighted by molar-refractivity contribution is 6.02. The number of hydrogen-bond donors (Lipinski definition) is 1. The molecule has 1 fully saturated rings. The molecule has 0 aliphatic heterocycles. The lowest BCUT2D eigenvalue weighted by Gasteiger charge is -2.14. The maximum absolute atomic E-state index is 11.4. The van der Waals surface area contributed by atoms with Gasteiger partial charge in [0.05, 0.1) is 6.26 Å². The van der Waals surface area contributed by atoms with Crippen LogP contribution in [0.15, 0.2) is 24.5 Å². The molecule has 1 N–H and O–H groups in total. The Hall–Kier alpha value is -1.05. The van der Waals surface area contributed by atoms with Crippen LogP contribution in [0.4, 0.5) is 0 Å². The second-order valence-electron chi connectivity index (χ2n) is 3.11. The van der Waals surface area contributed by atoms with Gasteiger partial charge in [0.1, 0.15) is 0 Å². The second-order valence-corrected chi connectivity index (χ2v) is 3.11. The van der Waals surface area contributed by atoms with Gasteiger partial charge in [0.25, 0.3) is 0 Å². The summed E-state index contributed by atoms with van der Waals surface area (Å²) in [4.78, 5) is 11.4. The van der Waals surface area contributed by atoms with E-state index in [1.807, 2.05) is 6.92 Å². The van der Waals surface area contributed by atoms with E-state index in [-0.39, 0.29) is 5.78 Å². The summed E-state index contributed by atoms with van der Waals surface area (Å²) in [5, 5.41) is 8.65. The molecule has 1 unspecified atom stereocenters. The maximum Gasteiger partial charge on any atom is 0.171 e. The van der Waals surface area contributed by atoms with Gasteiger partial charge in [0.15, 0.2) is 5.78 Å². The van der Waals surface area contributed by atoms with Crippen LogP contribution < -0.4 is 0 Å². The Morgan fingerprint density at radius 2 is 2.36 bits per heavy atom. The molecule has 0 aromatic carbocycles. The van der Waals surface area contributed by atoms with Gasteiger partial charge in [-0.3, -0.25) is 4.79 Å². The number of allylic oxidation sites excluding steroid dienone is 2. The number of rotatable bonds is 1. The van der Waals surface area contributed by atoms with Crippen LogP contribution in [0.3, 0.4) is 0 Å². The molecule has 0 saturated heterocycles. The molecule has 1 saturated carbocycles. The Kier molecular flexibility index (Phi) is 1.85. The molecule has 0 aromatic rings. The minimum atomic E-state index is -0.436. The van der Waals surface area contributed by atoms with Crippen LogP contribution in [0.2, 0.25) is 0 Å². The summed E-state index contributed by atoms with van der Waals surface area (Å²) >= 11 is 0. The highest BCUT2D eigenvalue weighted by Gasteiger charge is 2.38. The number of hydrogen-bond acceptors (Lipinski definition) is 2. The molecule has 2 nitrogen and oxygen atoms in total. The average Bonchev–Trinajstić information content (AvgIpc) is 2.31. The number of ketones is 1. The number of aliphatic hydroxyl groups excluding tert-OH is 1. The Bertz CT molecular complexity index is 228. The Morgan fingerprint density at radius 1 is 1.73 bits per heavy atom. The maximum atomic E-state index is 11.4. The Balaban J connectivity index is 2.95. The minimum Gasteiger partial charge on any atom is -0.515 e. The van der Waals surface area contributed by atoms with E-state index in [2.05, 4.69) is 6.58 Å². The third-order valence-electron chi connectivity index (χ3n) is 2.33. The SMILES string of the molecule is C=CC1(C)CC/C(=C/O)C1=O. The standard InChI is InChI=1S/C9H12O2/c1-3-9(2)5-4-7(6-10)8(9)11/h3,6,10H,1,4-5H2,2H3/b7-6-. The lowest BCUT2D eigenvalue weighted by molar-refractivity contribution is -0.120. The lowest BCUT2D eigenvalue weighted by Crippen LogP contribution is -2.18. The van der Waals surface area contributed by atoms with Crippen molar-refractivity contribution in [3.8, 4) is 0 Å². The molecule has 0 aromatic heterocycles. The smallest absolute Gasteiger partial charge is 0.171 e. The fourth-order valence-electron chi connectivity index (χ4n) is 1.31. The van der Waals surface area contributed by atoms with Crippen molar-refractivity contribution < 1.29 is 9.90 Å². The predicted molar refractivity (Wildman–Crippen MR) is 43.3 cm³/mol. The van der Waals surface area contributed by atoms with Crippen molar-refractivity contribution in [2.75, 3.05) is 0 Å². The summed E-state index contributed by atoms with van der Waals surface area (Å²) in [7, 11) is 0. The van der Waals surface area contributed by atoms with Gasteiger partial charge in [-0.1, -0.05) is 6.08 Å². The third-order valence-corrected chi connectivity index (χ3v) is 2.33. The van der Waals surface area contributed by atoms with Crippen molar-refractivity contribution in [3.05, 3.63) is 24.5 Å². The van der Waals surface area contributed by atoms with Gasteiger partial charge in [-0.05, 0) is 19.8 Å². The lowest BCUT2D eigenvalue weighted by atomic mass is 9.88. The minimum absolute atomic E-state index is 0.00926. The van der Waals surface area contributed by atoms with E-state index in [0.29, 0.717) is 12.0 Å². The third kappa shape index (κ3) is 1.09. The highest BCUT2D eigenvalue weighted by Crippen LogP contribution is 2.38. The van der Waals surface area contributed by atoms with E-state index in [9.17, 15) is 4.79 Å². The molecule has 2 heteroatoms. The fraction of sp³-hybridized carbons (Fsp3) is 0.444. The topological polar surface area (TPSA) is 37.3 Å². The van der Waals surface area contributed by atoms with Crippen LogP contribution in [0.1, 0.15) is 19.8 Å². The monoisotopic (exact) mass is 152 g/mol. The summed E-state index contributed by atoms with van der Waals surface area (Å²) in [5.74, 6) is 0.00926. The van der Waals surface area contributed by atoms with Crippen molar-refractivity contribution in [2.24, 2.45) is 5.41 Å². The van der Waals surface area contributed by atoms with Gasteiger partial charge < -0.3 is 5.11 Å². The van der Waals surface area contributed by atoms with E-state index in [0.717, 1.165) is 12.7 Å². The first-order valence-corrected chi connectivity index (χ1v) is 3.66. The Labute approximate surface area is 66.2 Å². The van der Waals surface area contributed by atoms with E-state index in [1.165, 1.54) is 0 Å². The van der Waals surface area contributed by atoms with Crippen LogP contribution in [-0.4, -0.2) is 10.9 Å². The van der Waals surface area contributed by atoms with Gasteiger partial charge in [0, 0.05) is 11.0 Å². The molecule has 0 radical (unpaired) electrons. The first kappa shape index (κ1) is 8.05. The number of Topliss-reactive ketones (excluding diaryl/α,β-unsaturated/α-hetero) is 1. The molecule has 0 bridgehead atoms. The first-order valence-electron chi connectivity index (χ1n) is 3.66. The van der Waals surface area contributed by atoms with Crippen molar-refractivity contribution in [1.82, 2.24) is 0 Å². The van der Waals surface area contributed by atoms with Gasteiger partial charge in [-0.25, -0.2) is 0 Å². The van der Waals surface area contributed by atoms with Crippen molar-refractivity contribution >= 4 is 5.78 Å². The predicted octanol–water partition coefficient (Wildman–Crippen LogP) is 1.98. The van der Waals surface area contributed by atoms with Crippen LogP contribution in [0, 0.1) is 5.41 Å². The molecule has 0 spiro atoms. The summed E-state index contributed by atoms with van der Waals surface area (Å²) in [5.41, 5.74) is 0.0848. The molecule has 0 amide bonds. The zero-order valence-corrected chi connectivity index (χ0v) is 6.63. The zero-order chi connectivity index (χ0) is 8.48. The summed E-state index contributed by atoms with van der Waals surface area (Å²) in [6.45, 7) is 5.45. The van der Waals surface area contributed by atoms with Gasteiger partial charge in [0.2, 0.25) is 0 Å². The van der Waals surface area contributed by atoms with Gasteiger partial charge in [-0.15, -0.1) is 6.58 Å². The zero-order valence-electron chi connectivity index (χ0n) is 6.63. The highest BCUT2D eigenvalue weighted by atomic mass is 16.2. The normalized spacial score (nSPS) is 34.6. The first-order chi connectivity index (χ1) is 5.14. The quantitative estimate of drug-likeness (QED) is 0.354. The Morgan fingerprint density at radius 3 is 2.64 bits per heavy atom.